The van der Waals surface area contributed by atoms with Crippen LogP contribution in [0.2, 0.25) is 0 Å². The summed E-state index contributed by atoms with van der Waals surface area (Å²) in [5.41, 5.74) is 1.07. The number of carbonyl (C=O) groups excluding carboxylic acids is 1. The Morgan fingerprint density at radius 1 is 1.17 bits per heavy atom. The van der Waals surface area contributed by atoms with Gasteiger partial charge in [0.05, 0.1) is 12.5 Å². The van der Waals surface area contributed by atoms with Crippen molar-refractivity contribution in [3.05, 3.63) is 47.5 Å². The molecule has 1 aliphatic carbocycles. The first-order chi connectivity index (χ1) is 11.3. The standard InChI is InChI=1S/C18H22N4O/c23-16(12-13-6-2-1-3-7-13)22-11-5-4-8-15(22)18-19-17(20-21-18)14-9-10-14/h1-3,6-7,14-15H,4-5,8-12H2,(H,19,20,21). The normalized spacial score (nSPS) is 21.4. The molecule has 23 heavy (non-hydrogen) atoms. The van der Waals surface area contributed by atoms with Crippen LogP contribution in [-0.2, 0) is 11.2 Å². The largest absolute Gasteiger partial charge is 0.332 e. The number of hydrogen-bond acceptors (Lipinski definition) is 3. The minimum Gasteiger partial charge on any atom is -0.332 e. The number of benzene rings is 1. The maximum Gasteiger partial charge on any atom is 0.227 e. The first-order valence-electron chi connectivity index (χ1n) is 8.57. The van der Waals surface area contributed by atoms with Gasteiger partial charge in [-0.2, -0.15) is 5.10 Å². The van der Waals surface area contributed by atoms with Gasteiger partial charge in [-0.25, -0.2) is 4.98 Å². The Labute approximate surface area is 136 Å². The lowest BCUT2D eigenvalue weighted by atomic mass is 10.00. The van der Waals surface area contributed by atoms with E-state index in [4.69, 9.17) is 0 Å². The lowest BCUT2D eigenvalue weighted by Gasteiger charge is -2.34. The van der Waals surface area contributed by atoms with Gasteiger partial charge in [0.1, 0.15) is 5.82 Å². The summed E-state index contributed by atoms with van der Waals surface area (Å²) in [4.78, 5) is 19.4. The van der Waals surface area contributed by atoms with Gasteiger partial charge in [0, 0.05) is 12.5 Å². The third kappa shape index (κ3) is 3.14. The second-order valence-electron chi connectivity index (χ2n) is 6.61. The molecule has 2 fully saturated rings. The van der Waals surface area contributed by atoms with E-state index in [1.54, 1.807) is 0 Å². The maximum absolute atomic E-state index is 12.8. The Balaban J connectivity index is 1.51. The molecule has 1 unspecified atom stereocenters. The van der Waals surface area contributed by atoms with Gasteiger partial charge in [0.15, 0.2) is 5.82 Å². The van der Waals surface area contributed by atoms with Crippen molar-refractivity contribution in [1.82, 2.24) is 20.1 Å². The third-order valence-electron chi connectivity index (χ3n) is 4.80. The first-order valence-corrected chi connectivity index (χ1v) is 8.57. The molecule has 1 aromatic heterocycles. The van der Waals surface area contributed by atoms with E-state index in [0.717, 1.165) is 43.0 Å². The van der Waals surface area contributed by atoms with E-state index in [1.807, 2.05) is 35.2 Å². The van der Waals surface area contributed by atoms with Crippen LogP contribution < -0.4 is 0 Å². The van der Waals surface area contributed by atoms with Crippen molar-refractivity contribution in [1.29, 1.82) is 0 Å². The van der Waals surface area contributed by atoms with E-state index >= 15 is 0 Å². The van der Waals surface area contributed by atoms with Crippen molar-refractivity contribution in [3.63, 3.8) is 0 Å². The zero-order valence-electron chi connectivity index (χ0n) is 13.2. The van der Waals surface area contributed by atoms with E-state index in [1.165, 1.54) is 12.8 Å². The number of H-pyrrole nitrogens is 1. The van der Waals surface area contributed by atoms with Gasteiger partial charge in [0.2, 0.25) is 5.91 Å². The lowest BCUT2D eigenvalue weighted by Crippen LogP contribution is -2.39. The molecule has 1 saturated carbocycles. The van der Waals surface area contributed by atoms with Crippen LogP contribution in [0, 0.1) is 0 Å². The molecular weight excluding hydrogens is 288 g/mol. The highest BCUT2D eigenvalue weighted by Crippen LogP contribution is 2.39. The summed E-state index contributed by atoms with van der Waals surface area (Å²) in [7, 11) is 0. The third-order valence-corrected chi connectivity index (χ3v) is 4.80. The highest BCUT2D eigenvalue weighted by molar-refractivity contribution is 5.79. The maximum atomic E-state index is 12.8. The molecule has 1 saturated heterocycles. The Morgan fingerprint density at radius 3 is 2.78 bits per heavy atom. The fourth-order valence-electron chi connectivity index (χ4n) is 3.35. The Hall–Kier alpha value is -2.17. The van der Waals surface area contributed by atoms with Crippen LogP contribution in [0.25, 0.3) is 0 Å². The molecule has 2 heterocycles. The summed E-state index contributed by atoms with van der Waals surface area (Å²) in [5.74, 6) is 2.52. The first kappa shape index (κ1) is 14.4. The van der Waals surface area contributed by atoms with Gasteiger partial charge in [-0.05, 0) is 37.7 Å². The molecule has 1 atom stereocenters. The zero-order chi connectivity index (χ0) is 15.6. The number of likely N-dealkylation sites (tertiary alicyclic amines) is 1. The molecule has 1 amide bonds. The van der Waals surface area contributed by atoms with Crippen LogP contribution in [0.15, 0.2) is 30.3 Å². The molecule has 0 spiro atoms. The summed E-state index contributed by atoms with van der Waals surface area (Å²) in [6, 6.07) is 10.0. The molecule has 0 bridgehead atoms. The highest BCUT2D eigenvalue weighted by Gasteiger charge is 2.33. The Kier molecular flexibility index (Phi) is 3.85. The predicted octanol–water partition coefficient (Wildman–Crippen LogP) is 2.98. The quantitative estimate of drug-likeness (QED) is 0.944. The van der Waals surface area contributed by atoms with E-state index in [0.29, 0.717) is 12.3 Å². The summed E-state index contributed by atoms with van der Waals surface area (Å²) in [6.07, 6.45) is 6.03. The van der Waals surface area contributed by atoms with Gasteiger partial charge in [-0.1, -0.05) is 30.3 Å². The Bertz CT molecular complexity index is 677. The van der Waals surface area contributed by atoms with E-state index in [-0.39, 0.29) is 11.9 Å². The van der Waals surface area contributed by atoms with Crippen molar-refractivity contribution in [2.75, 3.05) is 6.54 Å². The average Bonchev–Trinajstić information content (AvgIpc) is 3.33. The zero-order valence-corrected chi connectivity index (χ0v) is 13.2. The molecule has 120 valence electrons. The molecule has 1 N–H and O–H groups in total. The Morgan fingerprint density at radius 2 is 2.00 bits per heavy atom. The molecule has 2 aliphatic rings. The predicted molar refractivity (Wildman–Crippen MR) is 86.8 cm³/mol. The van der Waals surface area contributed by atoms with Crippen LogP contribution in [0.5, 0.6) is 0 Å². The van der Waals surface area contributed by atoms with Gasteiger partial charge < -0.3 is 4.90 Å². The SMILES string of the molecule is O=C(Cc1ccccc1)N1CCCCC1c1nc(C2CC2)n[nH]1. The van der Waals surface area contributed by atoms with Crippen LogP contribution in [0.4, 0.5) is 0 Å². The molecule has 0 radical (unpaired) electrons. The number of piperidine rings is 1. The van der Waals surface area contributed by atoms with E-state index < -0.39 is 0 Å². The molecular formula is C18H22N4O. The summed E-state index contributed by atoms with van der Waals surface area (Å²) in [5, 5.41) is 7.45. The van der Waals surface area contributed by atoms with Crippen LogP contribution in [0.1, 0.15) is 61.3 Å². The number of carbonyl (C=O) groups is 1. The van der Waals surface area contributed by atoms with Crippen LogP contribution >= 0.6 is 0 Å². The summed E-state index contributed by atoms with van der Waals surface area (Å²) < 4.78 is 0. The van der Waals surface area contributed by atoms with Gasteiger partial charge in [-0.3, -0.25) is 9.89 Å². The van der Waals surface area contributed by atoms with Crippen molar-refractivity contribution in [2.24, 2.45) is 0 Å². The topological polar surface area (TPSA) is 61.9 Å². The van der Waals surface area contributed by atoms with Crippen molar-refractivity contribution < 1.29 is 4.79 Å². The van der Waals surface area contributed by atoms with E-state index in [2.05, 4.69) is 15.2 Å². The summed E-state index contributed by atoms with van der Waals surface area (Å²) in [6.45, 7) is 0.815. The fourth-order valence-corrected chi connectivity index (χ4v) is 3.35. The van der Waals surface area contributed by atoms with Gasteiger partial charge in [-0.15, -0.1) is 0 Å². The number of aromatic nitrogens is 3. The number of nitrogens with one attached hydrogen (secondary N) is 1. The number of amides is 1. The second-order valence-corrected chi connectivity index (χ2v) is 6.61. The molecule has 4 rings (SSSR count). The monoisotopic (exact) mass is 310 g/mol. The average molecular weight is 310 g/mol. The lowest BCUT2D eigenvalue weighted by molar-refractivity contribution is -0.134. The minimum absolute atomic E-state index is 0.0555. The van der Waals surface area contributed by atoms with Crippen LogP contribution in [-0.4, -0.2) is 32.5 Å². The van der Waals surface area contributed by atoms with E-state index in [9.17, 15) is 4.79 Å². The molecule has 5 nitrogen and oxygen atoms in total. The smallest absolute Gasteiger partial charge is 0.227 e. The summed E-state index contributed by atoms with van der Waals surface area (Å²) >= 11 is 0. The molecule has 1 aliphatic heterocycles. The fraction of sp³-hybridized carbons (Fsp3) is 0.500. The van der Waals surface area contributed by atoms with Crippen molar-refractivity contribution in [3.8, 4) is 0 Å². The van der Waals surface area contributed by atoms with Gasteiger partial charge >= 0.3 is 0 Å². The van der Waals surface area contributed by atoms with Crippen molar-refractivity contribution >= 4 is 5.91 Å². The number of aromatic amines is 1. The van der Waals surface area contributed by atoms with Gasteiger partial charge in [0.25, 0.3) is 0 Å². The number of hydrogen-bond donors (Lipinski definition) is 1. The molecule has 5 heteroatoms. The number of rotatable bonds is 4. The minimum atomic E-state index is 0.0555. The molecule has 1 aromatic carbocycles. The molecule has 2 aromatic rings. The second kappa shape index (κ2) is 6.14. The number of nitrogens with zero attached hydrogens (tertiary/aromatic N) is 3. The highest BCUT2D eigenvalue weighted by atomic mass is 16.2. The van der Waals surface area contributed by atoms with Crippen LogP contribution in [0.3, 0.4) is 0 Å². The van der Waals surface area contributed by atoms with Crippen molar-refractivity contribution in [2.45, 2.75) is 50.5 Å².